The maximum Gasteiger partial charge on any atom is 0.419 e. The van der Waals surface area contributed by atoms with Gasteiger partial charge >= 0.3 is 11.1 Å². The Morgan fingerprint density at radius 3 is 2.88 bits per heavy atom. The highest BCUT2D eigenvalue weighted by Crippen LogP contribution is 2.15. The summed E-state index contributed by atoms with van der Waals surface area (Å²) >= 11 is 5.34. The fourth-order valence-corrected chi connectivity index (χ4v) is 1.67. The maximum absolute atomic E-state index is 11.3. The molecule has 5 nitrogen and oxygen atoms in total. The number of fused-ring (bicyclic) bond motifs is 1. The van der Waals surface area contributed by atoms with E-state index in [1.807, 2.05) is 6.07 Å². The van der Waals surface area contributed by atoms with Gasteiger partial charge in [-0.3, -0.25) is 9.36 Å². The Bertz CT molecular complexity index is 629. The van der Waals surface area contributed by atoms with Gasteiger partial charge in [-0.2, -0.15) is 0 Å². The van der Waals surface area contributed by atoms with Crippen LogP contribution in [0.1, 0.15) is 5.56 Å². The highest BCUT2D eigenvalue weighted by Gasteiger charge is 2.09. The Labute approximate surface area is 102 Å². The summed E-state index contributed by atoms with van der Waals surface area (Å²) in [7, 11) is 3.24. The van der Waals surface area contributed by atoms with Crippen LogP contribution in [-0.2, 0) is 13.6 Å². The molecule has 1 amide bonds. The lowest BCUT2D eigenvalue weighted by atomic mass is 10.2. The molecule has 2 rings (SSSR count). The topological polar surface area (TPSA) is 55.5 Å². The quantitative estimate of drug-likeness (QED) is 0.608. The van der Waals surface area contributed by atoms with Gasteiger partial charge in [-0.25, -0.2) is 4.79 Å². The van der Waals surface area contributed by atoms with Crippen LogP contribution in [0.3, 0.4) is 0 Å². The Morgan fingerprint density at radius 2 is 2.24 bits per heavy atom. The lowest BCUT2D eigenvalue weighted by Gasteiger charge is -2.12. The number of aromatic nitrogens is 1. The molecule has 0 N–H and O–H groups in total. The number of oxazole rings is 1. The third kappa shape index (κ3) is 2.19. The molecule has 0 radical (unpaired) electrons. The molecule has 17 heavy (non-hydrogen) atoms. The first kappa shape index (κ1) is 11.7. The van der Waals surface area contributed by atoms with Crippen LogP contribution >= 0.6 is 11.6 Å². The van der Waals surface area contributed by atoms with Gasteiger partial charge in [0, 0.05) is 20.6 Å². The van der Waals surface area contributed by atoms with Gasteiger partial charge < -0.3 is 9.32 Å². The zero-order valence-corrected chi connectivity index (χ0v) is 10.2. The van der Waals surface area contributed by atoms with Crippen LogP contribution in [0.25, 0.3) is 11.1 Å². The molecule has 0 spiro atoms. The summed E-state index contributed by atoms with van der Waals surface area (Å²) in [5.41, 5.74) is 2.08. The molecule has 1 aromatic heterocycles. The predicted octanol–water partition coefficient (Wildman–Crippen LogP) is 1.92. The van der Waals surface area contributed by atoms with E-state index >= 15 is 0 Å². The van der Waals surface area contributed by atoms with Crippen molar-refractivity contribution in [2.45, 2.75) is 6.54 Å². The summed E-state index contributed by atoms with van der Waals surface area (Å²) in [6.45, 7) is 0.372. The van der Waals surface area contributed by atoms with E-state index in [2.05, 4.69) is 0 Å². The monoisotopic (exact) mass is 254 g/mol. The van der Waals surface area contributed by atoms with Crippen molar-refractivity contribution in [3.8, 4) is 0 Å². The second kappa shape index (κ2) is 4.25. The molecule has 0 saturated carbocycles. The second-order valence-corrected chi connectivity index (χ2v) is 4.16. The first-order valence-corrected chi connectivity index (χ1v) is 5.36. The zero-order valence-electron chi connectivity index (χ0n) is 9.44. The van der Waals surface area contributed by atoms with Crippen molar-refractivity contribution < 1.29 is 9.21 Å². The summed E-state index contributed by atoms with van der Waals surface area (Å²) < 4.78 is 6.48. The van der Waals surface area contributed by atoms with Crippen LogP contribution < -0.4 is 5.76 Å². The van der Waals surface area contributed by atoms with Crippen LogP contribution in [0.5, 0.6) is 0 Å². The van der Waals surface area contributed by atoms with Crippen LogP contribution in [0.4, 0.5) is 4.79 Å². The molecule has 0 bridgehead atoms. The molecule has 1 aromatic carbocycles. The summed E-state index contributed by atoms with van der Waals surface area (Å²) in [6.07, 6.45) is 0. The fourth-order valence-electron chi connectivity index (χ4n) is 1.61. The Kier molecular flexibility index (Phi) is 2.93. The number of hydrogen-bond donors (Lipinski definition) is 0. The number of halogens is 1. The van der Waals surface area contributed by atoms with E-state index in [-0.39, 0.29) is 0 Å². The molecule has 6 heteroatoms. The summed E-state index contributed by atoms with van der Waals surface area (Å²) in [4.78, 5) is 23.5. The van der Waals surface area contributed by atoms with Crippen molar-refractivity contribution in [1.29, 1.82) is 0 Å². The molecule has 0 fully saturated rings. The van der Waals surface area contributed by atoms with Crippen molar-refractivity contribution in [1.82, 2.24) is 9.47 Å². The van der Waals surface area contributed by atoms with E-state index in [0.717, 1.165) is 11.1 Å². The highest BCUT2D eigenvalue weighted by molar-refractivity contribution is 6.62. The Balaban J connectivity index is 2.38. The van der Waals surface area contributed by atoms with Gasteiger partial charge in [0.15, 0.2) is 5.58 Å². The van der Waals surface area contributed by atoms with E-state index in [1.165, 1.54) is 9.47 Å². The van der Waals surface area contributed by atoms with Crippen molar-refractivity contribution in [2.24, 2.45) is 7.05 Å². The third-order valence-corrected chi connectivity index (χ3v) is 2.87. The van der Waals surface area contributed by atoms with E-state index in [9.17, 15) is 9.59 Å². The number of rotatable bonds is 2. The lowest BCUT2D eigenvalue weighted by Crippen LogP contribution is -2.19. The molecule has 0 atom stereocenters. The van der Waals surface area contributed by atoms with Crippen LogP contribution in [-0.4, -0.2) is 21.9 Å². The second-order valence-electron chi connectivity index (χ2n) is 3.84. The Morgan fingerprint density at radius 1 is 1.53 bits per heavy atom. The molecule has 0 aliphatic rings. The van der Waals surface area contributed by atoms with Gasteiger partial charge in [-0.1, -0.05) is 6.07 Å². The molecule has 0 aliphatic carbocycles. The number of aryl methyl sites for hydroxylation is 1. The number of hydrogen-bond acceptors (Lipinski definition) is 3. The largest absolute Gasteiger partial charge is 0.419 e. The normalized spacial score (nSPS) is 10.8. The summed E-state index contributed by atoms with van der Waals surface area (Å²) in [6, 6.07) is 5.34. The molecule has 0 unspecified atom stereocenters. The van der Waals surface area contributed by atoms with Gasteiger partial charge in [0.05, 0.1) is 5.52 Å². The van der Waals surface area contributed by atoms with Crippen molar-refractivity contribution >= 4 is 28.1 Å². The molecule has 1 heterocycles. The average molecular weight is 255 g/mol. The molecule has 0 saturated heterocycles. The SMILES string of the molecule is CN(Cc1ccc2c(c1)oc(=O)n2C)C(=O)Cl. The molecule has 0 aliphatic heterocycles. The van der Waals surface area contributed by atoms with E-state index in [1.54, 1.807) is 26.2 Å². The minimum absolute atomic E-state index is 0.372. The van der Waals surface area contributed by atoms with Gasteiger partial charge in [0.1, 0.15) is 0 Å². The number of carbonyl (C=O) groups excluding carboxylic acids is 1. The summed E-state index contributed by atoms with van der Waals surface area (Å²) in [5.74, 6) is -0.404. The van der Waals surface area contributed by atoms with E-state index in [0.29, 0.717) is 12.1 Å². The maximum atomic E-state index is 11.3. The van der Waals surface area contributed by atoms with Crippen LogP contribution in [0.2, 0.25) is 0 Å². The minimum Gasteiger partial charge on any atom is -0.408 e. The molecule has 2 aromatic rings. The summed E-state index contributed by atoms with van der Waals surface area (Å²) in [5, 5.41) is -0.528. The van der Waals surface area contributed by atoms with Crippen LogP contribution in [0, 0.1) is 0 Å². The number of nitrogens with zero attached hydrogens (tertiary/aromatic N) is 2. The molecule has 90 valence electrons. The van der Waals surface area contributed by atoms with Gasteiger partial charge in [-0.05, 0) is 29.3 Å². The first-order chi connectivity index (χ1) is 7.99. The zero-order chi connectivity index (χ0) is 12.6. The molecular weight excluding hydrogens is 244 g/mol. The first-order valence-electron chi connectivity index (χ1n) is 4.98. The molecular formula is C11H11ClN2O3. The average Bonchev–Trinajstić information content (AvgIpc) is 2.54. The highest BCUT2D eigenvalue weighted by atomic mass is 35.5. The lowest BCUT2D eigenvalue weighted by molar-refractivity contribution is 0.230. The third-order valence-electron chi connectivity index (χ3n) is 2.58. The van der Waals surface area contributed by atoms with Crippen molar-refractivity contribution in [3.05, 3.63) is 34.3 Å². The fraction of sp³-hybridized carbons (Fsp3) is 0.273. The van der Waals surface area contributed by atoms with Gasteiger partial charge in [-0.15, -0.1) is 0 Å². The predicted molar refractivity (Wildman–Crippen MR) is 64.2 cm³/mol. The standard InChI is InChI=1S/C11H11ClN2O3/c1-13(10(12)15)6-7-3-4-8-9(5-7)17-11(16)14(8)2/h3-5H,6H2,1-2H3. The van der Waals surface area contributed by atoms with E-state index in [4.69, 9.17) is 16.0 Å². The smallest absolute Gasteiger partial charge is 0.408 e. The minimum atomic E-state index is -0.528. The van der Waals surface area contributed by atoms with Gasteiger partial charge in [0.2, 0.25) is 0 Å². The Hall–Kier alpha value is -1.75. The van der Waals surface area contributed by atoms with Crippen molar-refractivity contribution in [3.63, 3.8) is 0 Å². The van der Waals surface area contributed by atoms with Crippen molar-refractivity contribution in [2.75, 3.05) is 7.05 Å². The van der Waals surface area contributed by atoms with Crippen LogP contribution in [0.15, 0.2) is 27.4 Å². The number of carbonyl (C=O) groups is 1. The van der Waals surface area contributed by atoms with Gasteiger partial charge in [0.25, 0.3) is 0 Å². The number of benzene rings is 1. The number of amides is 1. The van der Waals surface area contributed by atoms with E-state index < -0.39 is 11.1 Å².